The summed E-state index contributed by atoms with van der Waals surface area (Å²) in [6.45, 7) is 0. The van der Waals surface area contributed by atoms with Gasteiger partial charge < -0.3 is 9.47 Å². The summed E-state index contributed by atoms with van der Waals surface area (Å²) in [6.07, 6.45) is 0. The standard InChI is InChI=1S/C24H18ClNO4S/c1-29-17-11-8-15(9-12-17)21-22(31-18-6-4-3-5-7-18)24(28)26(23(21)27)16-10-13-20(30-2)19(25)14-16/h3-14H,1-2H3. The molecule has 1 aliphatic heterocycles. The van der Waals surface area contributed by atoms with E-state index in [0.29, 0.717) is 38.3 Å². The molecule has 1 heterocycles. The Balaban J connectivity index is 1.80. The summed E-state index contributed by atoms with van der Waals surface area (Å²) in [7, 11) is 3.08. The van der Waals surface area contributed by atoms with Gasteiger partial charge in [-0.3, -0.25) is 9.59 Å². The number of halogens is 1. The van der Waals surface area contributed by atoms with E-state index in [-0.39, 0.29) is 0 Å². The van der Waals surface area contributed by atoms with Crippen LogP contribution in [0, 0.1) is 0 Å². The molecule has 3 aromatic rings. The van der Waals surface area contributed by atoms with Gasteiger partial charge in [-0.15, -0.1) is 0 Å². The number of ether oxygens (including phenoxy) is 2. The minimum absolute atomic E-state index is 0.316. The third-order valence-corrected chi connectivity index (χ3v) is 6.16. The van der Waals surface area contributed by atoms with Gasteiger partial charge in [-0.2, -0.15) is 0 Å². The number of amides is 2. The molecule has 5 nitrogen and oxygen atoms in total. The van der Waals surface area contributed by atoms with E-state index in [4.69, 9.17) is 21.1 Å². The molecule has 0 radical (unpaired) electrons. The number of rotatable bonds is 6. The third kappa shape index (κ3) is 4.04. The SMILES string of the molecule is COc1ccc(C2=C(Sc3ccccc3)C(=O)N(c3ccc(OC)c(Cl)c3)C2=O)cc1. The lowest BCUT2D eigenvalue weighted by Gasteiger charge is -2.16. The van der Waals surface area contributed by atoms with E-state index in [1.165, 1.54) is 18.9 Å². The summed E-state index contributed by atoms with van der Waals surface area (Å²) < 4.78 is 10.4. The average molecular weight is 452 g/mol. The van der Waals surface area contributed by atoms with Gasteiger partial charge in [0.25, 0.3) is 11.8 Å². The van der Waals surface area contributed by atoms with Crippen LogP contribution in [0.2, 0.25) is 5.02 Å². The number of imide groups is 1. The summed E-state index contributed by atoms with van der Waals surface area (Å²) in [6, 6.07) is 21.4. The van der Waals surface area contributed by atoms with Gasteiger partial charge in [0.05, 0.1) is 35.4 Å². The smallest absolute Gasteiger partial charge is 0.272 e. The molecule has 156 valence electrons. The van der Waals surface area contributed by atoms with Crippen molar-refractivity contribution < 1.29 is 19.1 Å². The zero-order valence-electron chi connectivity index (χ0n) is 16.8. The predicted molar refractivity (Wildman–Crippen MR) is 123 cm³/mol. The highest BCUT2D eigenvalue weighted by Crippen LogP contribution is 2.42. The molecule has 0 saturated heterocycles. The molecule has 0 aliphatic carbocycles. The summed E-state index contributed by atoms with van der Waals surface area (Å²) in [5.41, 5.74) is 1.36. The maximum Gasteiger partial charge on any atom is 0.272 e. The fourth-order valence-electron chi connectivity index (χ4n) is 3.25. The number of thioether (sulfide) groups is 1. The number of carbonyl (C=O) groups excluding carboxylic acids is 2. The van der Waals surface area contributed by atoms with Crippen LogP contribution < -0.4 is 14.4 Å². The van der Waals surface area contributed by atoms with Crippen molar-refractivity contribution in [2.45, 2.75) is 4.90 Å². The molecule has 3 aromatic carbocycles. The van der Waals surface area contributed by atoms with Gasteiger partial charge in [0.2, 0.25) is 0 Å². The summed E-state index contributed by atoms with van der Waals surface area (Å²) >= 11 is 7.51. The van der Waals surface area contributed by atoms with E-state index >= 15 is 0 Å². The van der Waals surface area contributed by atoms with Crippen LogP contribution in [0.1, 0.15) is 5.56 Å². The Kier molecular flexibility index (Phi) is 6.02. The van der Waals surface area contributed by atoms with E-state index in [0.717, 1.165) is 9.80 Å². The van der Waals surface area contributed by atoms with Crippen LogP contribution in [-0.4, -0.2) is 26.0 Å². The third-order valence-electron chi connectivity index (χ3n) is 4.78. The lowest BCUT2D eigenvalue weighted by Crippen LogP contribution is -2.31. The van der Waals surface area contributed by atoms with Gasteiger partial charge in [0.1, 0.15) is 11.5 Å². The van der Waals surface area contributed by atoms with Crippen LogP contribution in [0.4, 0.5) is 5.69 Å². The molecule has 0 atom stereocenters. The van der Waals surface area contributed by atoms with Gasteiger partial charge in [-0.1, -0.05) is 53.7 Å². The number of methoxy groups -OCH3 is 2. The van der Waals surface area contributed by atoms with Crippen molar-refractivity contribution in [3.8, 4) is 11.5 Å². The number of carbonyl (C=O) groups is 2. The van der Waals surface area contributed by atoms with Crippen molar-refractivity contribution in [3.05, 3.63) is 88.3 Å². The van der Waals surface area contributed by atoms with Crippen molar-refractivity contribution in [3.63, 3.8) is 0 Å². The topological polar surface area (TPSA) is 55.8 Å². The number of benzene rings is 3. The Morgan fingerprint density at radius 1 is 0.839 bits per heavy atom. The van der Waals surface area contributed by atoms with Crippen molar-refractivity contribution >= 4 is 46.4 Å². The van der Waals surface area contributed by atoms with Crippen LogP contribution in [-0.2, 0) is 9.59 Å². The zero-order valence-corrected chi connectivity index (χ0v) is 18.4. The van der Waals surface area contributed by atoms with E-state index in [9.17, 15) is 9.59 Å². The van der Waals surface area contributed by atoms with E-state index < -0.39 is 11.8 Å². The van der Waals surface area contributed by atoms with Gasteiger partial charge in [0, 0.05) is 4.90 Å². The Morgan fingerprint density at radius 3 is 2.16 bits per heavy atom. The molecule has 4 rings (SSSR count). The average Bonchev–Trinajstić information content (AvgIpc) is 3.03. The monoisotopic (exact) mass is 451 g/mol. The van der Waals surface area contributed by atoms with Crippen LogP contribution in [0.3, 0.4) is 0 Å². The Bertz CT molecular complexity index is 1180. The molecule has 0 bridgehead atoms. The first kappa shape index (κ1) is 21.0. The maximum absolute atomic E-state index is 13.5. The summed E-state index contributed by atoms with van der Waals surface area (Å²) in [5, 5.41) is 0.316. The second-order valence-corrected chi connectivity index (χ2v) is 8.10. The van der Waals surface area contributed by atoms with E-state index in [1.807, 2.05) is 30.3 Å². The largest absolute Gasteiger partial charge is 0.497 e. The molecule has 2 amide bonds. The van der Waals surface area contributed by atoms with Gasteiger partial charge in [0.15, 0.2) is 0 Å². The van der Waals surface area contributed by atoms with Crippen LogP contribution >= 0.6 is 23.4 Å². The molecule has 0 aromatic heterocycles. The van der Waals surface area contributed by atoms with Crippen LogP contribution in [0.15, 0.2) is 82.6 Å². The Labute approximate surface area is 189 Å². The van der Waals surface area contributed by atoms with Gasteiger partial charge >= 0.3 is 0 Å². The normalized spacial score (nSPS) is 13.7. The molecule has 0 unspecified atom stereocenters. The van der Waals surface area contributed by atoms with Crippen molar-refractivity contribution in [1.82, 2.24) is 0 Å². The Hall–Kier alpha value is -3.22. The van der Waals surface area contributed by atoms with Crippen LogP contribution in [0.5, 0.6) is 11.5 Å². The second-order valence-electron chi connectivity index (χ2n) is 6.61. The molecular weight excluding hydrogens is 434 g/mol. The molecule has 1 aliphatic rings. The molecule has 0 fully saturated rings. The lowest BCUT2D eigenvalue weighted by atomic mass is 10.1. The Morgan fingerprint density at radius 2 is 1.55 bits per heavy atom. The number of anilines is 1. The highest BCUT2D eigenvalue weighted by molar-refractivity contribution is 8.04. The van der Waals surface area contributed by atoms with Crippen molar-refractivity contribution in [2.24, 2.45) is 0 Å². The molecule has 0 spiro atoms. The highest BCUT2D eigenvalue weighted by Gasteiger charge is 2.40. The van der Waals surface area contributed by atoms with E-state index in [2.05, 4.69) is 0 Å². The predicted octanol–water partition coefficient (Wildman–Crippen LogP) is 5.43. The maximum atomic E-state index is 13.5. The lowest BCUT2D eigenvalue weighted by molar-refractivity contribution is -0.119. The minimum Gasteiger partial charge on any atom is -0.497 e. The highest BCUT2D eigenvalue weighted by atomic mass is 35.5. The first-order chi connectivity index (χ1) is 15.0. The minimum atomic E-state index is -0.408. The van der Waals surface area contributed by atoms with Gasteiger partial charge in [-0.05, 0) is 48.0 Å². The van der Waals surface area contributed by atoms with Crippen molar-refractivity contribution in [2.75, 3.05) is 19.1 Å². The van der Waals surface area contributed by atoms with Crippen LogP contribution in [0.25, 0.3) is 5.57 Å². The molecule has 31 heavy (non-hydrogen) atoms. The number of hydrogen-bond donors (Lipinski definition) is 0. The first-order valence-electron chi connectivity index (χ1n) is 9.37. The fourth-order valence-corrected chi connectivity index (χ4v) is 4.52. The molecule has 7 heteroatoms. The number of hydrogen-bond acceptors (Lipinski definition) is 5. The summed E-state index contributed by atoms with van der Waals surface area (Å²) in [5.74, 6) is 0.324. The number of nitrogens with zero attached hydrogens (tertiary/aromatic N) is 1. The van der Waals surface area contributed by atoms with Gasteiger partial charge in [-0.25, -0.2) is 4.90 Å². The molecular formula is C24H18ClNO4S. The quantitative estimate of drug-likeness (QED) is 0.467. The molecule has 0 saturated carbocycles. The zero-order chi connectivity index (χ0) is 22.0. The fraction of sp³-hybridized carbons (Fsp3) is 0.0833. The second kappa shape index (κ2) is 8.88. The molecule has 0 N–H and O–H groups in total. The van der Waals surface area contributed by atoms with E-state index in [1.54, 1.807) is 49.6 Å². The van der Waals surface area contributed by atoms with Crippen molar-refractivity contribution in [1.29, 1.82) is 0 Å². The summed E-state index contributed by atoms with van der Waals surface area (Å²) in [4.78, 5) is 29.3. The first-order valence-corrected chi connectivity index (χ1v) is 10.6.